The van der Waals surface area contributed by atoms with Crippen LogP contribution in [-0.4, -0.2) is 10.5 Å². The minimum atomic E-state index is -1.03. The maximum Gasteiger partial charge on any atom is 0.322 e. The van der Waals surface area contributed by atoms with E-state index in [9.17, 15) is 14.5 Å². The molecular weight excluding hydrogens is 380 g/mol. The molecular formula is C24H22N2O4. The molecule has 1 aliphatic rings. The molecule has 1 aliphatic heterocycles. The predicted molar refractivity (Wildman–Crippen MR) is 115 cm³/mol. The minimum absolute atomic E-state index is 0.0657. The summed E-state index contributed by atoms with van der Waals surface area (Å²) in [6.07, 6.45) is 3.03. The zero-order valence-corrected chi connectivity index (χ0v) is 16.9. The smallest absolute Gasteiger partial charge is 0.322 e. The molecule has 0 unspecified atom stereocenters. The lowest BCUT2D eigenvalue weighted by molar-refractivity contribution is 0.0999. The Kier molecular flexibility index (Phi) is 5.31. The third-order valence-electron chi connectivity index (χ3n) is 5.63. The van der Waals surface area contributed by atoms with Gasteiger partial charge in [-0.2, -0.15) is 0 Å². The molecule has 2 heterocycles. The normalized spacial score (nSPS) is 14.5. The van der Waals surface area contributed by atoms with Gasteiger partial charge in [0, 0.05) is 29.0 Å². The molecule has 0 bridgehead atoms. The van der Waals surface area contributed by atoms with Crippen molar-refractivity contribution in [2.75, 3.05) is 0 Å². The highest BCUT2D eigenvalue weighted by molar-refractivity contribution is 5.94. The summed E-state index contributed by atoms with van der Waals surface area (Å²) in [5.41, 5.74) is 4.17. The minimum Gasteiger partial charge on any atom is -0.489 e. The van der Waals surface area contributed by atoms with Gasteiger partial charge in [0.2, 0.25) is 0 Å². The van der Waals surface area contributed by atoms with Crippen molar-refractivity contribution in [2.45, 2.75) is 39.3 Å². The van der Waals surface area contributed by atoms with Crippen LogP contribution in [0.5, 0.6) is 5.75 Å². The highest BCUT2D eigenvalue weighted by atomic mass is 16.5. The number of rotatable bonds is 5. The van der Waals surface area contributed by atoms with Crippen molar-refractivity contribution >= 4 is 5.91 Å². The number of carbonyl (C=O) groups excluding carboxylic acids is 1. The number of nitroso groups, excluding NO2 is 1. The molecule has 1 atom stereocenters. The van der Waals surface area contributed by atoms with Crippen molar-refractivity contribution in [3.05, 3.63) is 92.1 Å². The maximum atomic E-state index is 12.4. The van der Waals surface area contributed by atoms with E-state index in [1.807, 2.05) is 47.9 Å². The molecule has 2 aromatic carbocycles. The molecule has 6 heteroatoms. The van der Waals surface area contributed by atoms with E-state index in [2.05, 4.69) is 18.2 Å². The van der Waals surface area contributed by atoms with Crippen LogP contribution in [0.2, 0.25) is 0 Å². The van der Waals surface area contributed by atoms with Crippen molar-refractivity contribution in [3.63, 3.8) is 0 Å². The average Bonchev–Trinajstić information content (AvgIpc) is 2.77. The standard InChI is InChI=1S/C24H22N2O4/c1-3-18-10-17-11-23(30-14-16-7-5-4-6-8-16)15(2)9-19(17)21-12-22(27)20(13-26(18)21)24(28)25-29/h4-9,11-13,18H,3,10,14H2,1-2H3/t18-/m1/s1. The number of ether oxygens (including phenoxy) is 1. The van der Waals surface area contributed by atoms with Gasteiger partial charge >= 0.3 is 5.91 Å². The van der Waals surface area contributed by atoms with Crippen LogP contribution in [0, 0.1) is 11.8 Å². The summed E-state index contributed by atoms with van der Waals surface area (Å²) in [4.78, 5) is 34.8. The van der Waals surface area contributed by atoms with Crippen molar-refractivity contribution in [1.29, 1.82) is 0 Å². The van der Waals surface area contributed by atoms with Gasteiger partial charge in [0.25, 0.3) is 0 Å². The third kappa shape index (κ3) is 3.56. The zero-order chi connectivity index (χ0) is 21.3. The second kappa shape index (κ2) is 8.06. The van der Waals surface area contributed by atoms with Gasteiger partial charge in [-0.15, -0.1) is 4.91 Å². The van der Waals surface area contributed by atoms with Crippen LogP contribution in [0.15, 0.2) is 64.7 Å². The summed E-state index contributed by atoms with van der Waals surface area (Å²) in [7, 11) is 0. The first-order valence-corrected chi connectivity index (χ1v) is 9.96. The third-order valence-corrected chi connectivity index (χ3v) is 5.63. The summed E-state index contributed by atoms with van der Waals surface area (Å²) >= 11 is 0. The van der Waals surface area contributed by atoms with Crippen LogP contribution in [0.25, 0.3) is 11.3 Å². The Labute approximate surface area is 174 Å². The fourth-order valence-electron chi connectivity index (χ4n) is 4.00. The van der Waals surface area contributed by atoms with Crippen LogP contribution < -0.4 is 10.2 Å². The van der Waals surface area contributed by atoms with Crippen molar-refractivity contribution in [1.82, 2.24) is 4.57 Å². The van der Waals surface area contributed by atoms with Crippen LogP contribution in [0.4, 0.5) is 0 Å². The Hall–Kier alpha value is -3.54. The number of carbonyl (C=O) groups is 1. The maximum absolute atomic E-state index is 12.4. The highest BCUT2D eigenvalue weighted by Crippen LogP contribution is 2.39. The van der Waals surface area contributed by atoms with Gasteiger partial charge in [0.1, 0.15) is 17.9 Å². The highest BCUT2D eigenvalue weighted by Gasteiger charge is 2.26. The molecule has 0 aliphatic carbocycles. The molecule has 3 aromatic rings. The van der Waals surface area contributed by atoms with Gasteiger partial charge in [-0.1, -0.05) is 37.3 Å². The quantitative estimate of drug-likeness (QED) is 0.574. The first-order chi connectivity index (χ1) is 14.5. The van der Waals surface area contributed by atoms with E-state index in [1.54, 1.807) is 0 Å². The summed E-state index contributed by atoms with van der Waals surface area (Å²) in [6.45, 7) is 4.51. The lowest BCUT2D eigenvalue weighted by atomic mass is 9.89. The Morgan fingerprint density at radius 3 is 2.67 bits per heavy atom. The second-order valence-corrected chi connectivity index (χ2v) is 7.56. The molecule has 0 N–H and O–H groups in total. The largest absolute Gasteiger partial charge is 0.489 e. The molecule has 30 heavy (non-hydrogen) atoms. The zero-order valence-electron chi connectivity index (χ0n) is 16.9. The molecule has 4 rings (SSSR count). The summed E-state index contributed by atoms with van der Waals surface area (Å²) in [5, 5.41) is 2.42. The molecule has 0 saturated carbocycles. The number of fused-ring (bicyclic) bond motifs is 3. The lowest BCUT2D eigenvalue weighted by Crippen LogP contribution is -2.25. The number of hydrogen-bond acceptors (Lipinski definition) is 4. The first kappa shape index (κ1) is 19.8. The molecule has 1 amide bonds. The molecule has 0 spiro atoms. The number of amides is 1. The number of benzene rings is 2. The Morgan fingerprint density at radius 1 is 1.20 bits per heavy atom. The number of hydrogen-bond donors (Lipinski definition) is 0. The van der Waals surface area contributed by atoms with Crippen molar-refractivity contribution in [3.8, 4) is 17.0 Å². The molecule has 0 saturated heterocycles. The SMILES string of the molecule is CC[C@@H]1Cc2cc(OCc3ccccc3)c(C)cc2-c2cc(=O)c(C(=O)N=O)cn21. The van der Waals surface area contributed by atoms with E-state index in [-0.39, 0.29) is 11.6 Å². The van der Waals surface area contributed by atoms with E-state index >= 15 is 0 Å². The van der Waals surface area contributed by atoms with Gasteiger partial charge < -0.3 is 9.30 Å². The van der Waals surface area contributed by atoms with Crippen LogP contribution in [0.1, 0.15) is 46.4 Å². The van der Waals surface area contributed by atoms with Crippen molar-refractivity contribution < 1.29 is 9.53 Å². The molecule has 152 valence electrons. The van der Waals surface area contributed by atoms with Gasteiger partial charge in [0.15, 0.2) is 5.43 Å². The van der Waals surface area contributed by atoms with Gasteiger partial charge in [-0.3, -0.25) is 9.59 Å². The van der Waals surface area contributed by atoms with Crippen LogP contribution >= 0.6 is 0 Å². The average molecular weight is 402 g/mol. The van der Waals surface area contributed by atoms with E-state index in [0.717, 1.165) is 46.5 Å². The molecule has 6 nitrogen and oxygen atoms in total. The Balaban J connectivity index is 1.75. The van der Waals surface area contributed by atoms with E-state index < -0.39 is 11.3 Å². The lowest BCUT2D eigenvalue weighted by Gasteiger charge is -2.31. The number of pyridine rings is 1. The van der Waals surface area contributed by atoms with E-state index in [1.165, 1.54) is 12.3 Å². The number of nitrogens with zero attached hydrogens (tertiary/aromatic N) is 2. The number of aromatic nitrogens is 1. The molecule has 1 aromatic heterocycles. The van der Waals surface area contributed by atoms with Crippen molar-refractivity contribution in [2.24, 2.45) is 5.18 Å². The fourth-order valence-corrected chi connectivity index (χ4v) is 4.00. The van der Waals surface area contributed by atoms with Crippen LogP contribution in [-0.2, 0) is 13.0 Å². The van der Waals surface area contributed by atoms with Gasteiger partial charge in [-0.05, 0) is 48.6 Å². The fraction of sp³-hybridized carbons (Fsp3) is 0.250. The summed E-state index contributed by atoms with van der Waals surface area (Å²) in [5.74, 6) is -0.211. The Bertz CT molecular complexity index is 1180. The molecule has 0 fully saturated rings. The van der Waals surface area contributed by atoms with E-state index in [0.29, 0.717) is 6.61 Å². The predicted octanol–water partition coefficient (Wildman–Crippen LogP) is 4.82. The van der Waals surface area contributed by atoms with Gasteiger partial charge in [0.05, 0.1) is 5.69 Å². The first-order valence-electron chi connectivity index (χ1n) is 9.96. The van der Waals surface area contributed by atoms with E-state index in [4.69, 9.17) is 4.74 Å². The second-order valence-electron chi connectivity index (χ2n) is 7.56. The van der Waals surface area contributed by atoms with Gasteiger partial charge in [-0.25, -0.2) is 0 Å². The molecule has 0 radical (unpaired) electrons. The Morgan fingerprint density at radius 2 is 1.97 bits per heavy atom. The monoisotopic (exact) mass is 402 g/mol. The number of aryl methyl sites for hydroxylation is 1. The summed E-state index contributed by atoms with van der Waals surface area (Å²) in [6, 6.07) is 15.6. The summed E-state index contributed by atoms with van der Waals surface area (Å²) < 4.78 is 8.00. The van der Waals surface area contributed by atoms with Crippen LogP contribution in [0.3, 0.4) is 0 Å². The topological polar surface area (TPSA) is 77.7 Å².